The van der Waals surface area contributed by atoms with Crippen LogP contribution < -0.4 is 10.5 Å². The van der Waals surface area contributed by atoms with Crippen LogP contribution in [0.1, 0.15) is 48.0 Å². The monoisotopic (exact) mass is 525 g/mol. The highest BCUT2D eigenvalue weighted by Crippen LogP contribution is 2.28. The summed E-state index contributed by atoms with van der Waals surface area (Å²) in [6, 6.07) is 16.6. The van der Waals surface area contributed by atoms with E-state index >= 15 is 0 Å². The molecule has 2 N–H and O–H groups in total. The lowest BCUT2D eigenvalue weighted by atomic mass is 10.1. The summed E-state index contributed by atoms with van der Waals surface area (Å²) in [5.74, 6) is 0.0609. The fraction of sp³-hybridized carbons (Fsp3) is 0.483. The van der Waals surface area contributed by atoms with Gasteiger partial charge in [-0.05, 0) is 71.2 Å². The molecule has 0 spiro atoms. The van der Waals surface area contributed by atoms with Crippen molar-refractivity contribution < 1.29 is 28.6 Å². The second-order valence-electron chi connectivity index (χ2n) is 11.3. The first-order valence-electron chi connectivity index (χ1n) is 12.8. The lowest BCUT2D eigenvalue weighted by Gasteiger charge is -2.30. The average molecular weight is 526 g/mol. The molecule has 0 radical (unpaired) electrons. The molecule has 0 unspecified atom stereocenters. The van der Waals surface area contributed by atoms with Gasteiger partial charge in [0, 0.05) is 6.54 Å². The molecule has 1 fully saturated rings. The van der Waals surface area contributed by atoms with E-state index in [1.54, 1.807) is 41.5 Å². The summed E-state index contributed by atoms with van der Waals surface area (Å²) in [4.78, 5) is 41.3. The summed E-state index contributed by atoms with van der Waals surface area (Å²) >= 11 is 0. The lowest BCUT2D eigenvalue weighted by molar-refractivity contribution is -0.130. The molecule has 0 bridgehead atoms. The van der Waals surface area contributed by atoms with Crippen LogP contribution in [-0.4, -0.2) is 70.9 Å². The molecule has 9 nitrogen and oxygen atoms in total. The summed E-state index contributed by atoms with van der Waals surface area (Å²) < 4.78 is 17.1. The number of hydrogen-bond acceptors (Lipinski definition) is 7. The van der Waals surface area contributed by atoms with E-state index < -0.39 is 41.4 Å². The lowest BCUT2D eigenvalue weighted by Crippen LogP contribution is -2.50. The van der Waals surface area contributed by atoms with E-state index in [1.165, 1.54) is 4.90 Å². The number of hydrogen-bond donors (Lipinski definition) is 1. The molecule has 2 atom stereocenters. The summed E-state index contributed by atoms with van der Waals surface area (Å²) in [5.41, 5.74) is 6.25. The average Bonchev–Trinajstić information content (AvgIpc) is 3.25. The molecule has 3 rings (SSSR count). The number of rotatable bonds is 6. The Bertz CT molecular complexity index is 1110. The van der Waals surface area contributed by atoms with E-state index in [0.29, 0.717) is 12.2 Å². The van der Waals surface area contributed by atoms with Gasteiger partial charge in [0.25, 0.3) is 0 Å². The van der Waals surface area contributed by atoms with Gasteiger partial charge >= 0.3 is 12.2 Å². The van der Waals surface area contributed by atoms with E-state index in [1.807, 2.05) is 54.6 Å². The summed E-state index contributed by atoms with van der Waals surface area (Å²) in [5, 5.41) is 0. The maximum absolute atomic E-state index is 13.1. The minimum atomic E-state index is -0.803. The molecular weight excluding hydrogens is 486 g/mol. The Labute approximate surface area is 224 Å². The third-order valence-electron chi connectivity index (χ3n) is 5.82. The number of amides is 3. The van der Waals surface area contributed by atoms with Crippen LogP contribution in [-0.2, 0) is 14.3 Å². The minimum absolute atomic E-state index is 0.0842. The van der Waals surface area contributed by atoms with Gasteiger partial charge in [-0.2, -0.15) is 0 Å². The van der Waals surface area contributed by atoms with Crippen molar-refractivity contribution in [3.8, 4) is 16.9 Å². The zero-order valence-corrected chi connectivity index (χ0v) is 23.1. The molecule has 206 valence electrons. The van der Waals surface area contributed by atoms with Crippen molar-refractivity contribution >= 4 is 18.1 Å². The van der Waals surface area contributed by atoms with E-state index in [9.17, 15) is 14.4 Å². The van der Waals surface area contributed by atoms with Crippen molar-refractivity contribution in [2.24, 2.45) is 5.73 Å². The van der Waals surface area contributed by atoms with Gasteiger partial charge in [0.15, 0.2) is 0 Å². The molecule has 3 amide bonds. The van der Waals surface area contributed by atoms with E-state index in [-0.39, 0.29) is 19.7 Å². The topological polar surface area (TPSA) is 111 Å². The van der Waals surface area contributed by atoms with Gasteiger partial charge in [-0.15, -0.1) is 0 Å². The van der Waals surface area contributed by atoms with Gasteiger partial charge in [-0.3, -0.25) is 9.69 Å². The molecule has 2 aromatic carbocycles. The summed E-state index contributed by atoms with van der Waals surface area (Å²) in [7, 11) is 0. The van der Waals surface area contributed by atoms with Crippen molar-refractivity contribution in [3.05, 3.63) is 54.6 Å². The zero-order valence-electron chi connectivity index (χ0n) is 23.1. The number of likely N-dealkylation sites (tertiary alicyclic amines) is 1. The highest BCUT2D eigenvalue weighted by molar-refractivity contribution is 5.93. The molecule has 9 heteroatoms. The number of carbonyl (C=O) groups is 3. The van der Waals surface area contributed by atoms with Gasteiger partial charge in [-0.1, -0.05) is 42.5 Å². The largest absolute Gasteiger partial charge is 0.491 e. The van der Waals surface area contributed by atoms with Crippen molar-refractivity contribution in [2.45, 2.75) is 71.2 Å². The predicted octanol–water partition coefficient (Wildman–Crippen LogP) is 4.83. The van der Waals surface area contributed by atoms with Crippen LogP contribution in [0.2, 0.25) is 0 Å². The Kier molecular flexibility index (Phi) is 9.04. The molecule has 38 heavy (non-hydrogen) atoms. The third-order valence-corrected chi connectivity index (χ3v) is 5.82. The van der Waals surface area contributed by atoms with Gasteiger partial charge in [0.1, 0.15) is 23.6 Å². The van der Waals surface area contributed by atoms with Crippen LogP contribution in [0.25, 0.3) is 11.1 Å². The summed E-state index contributed by atoms with van der Waals surface area (Å²) in [6.45, 7) is 10.4. The van der Waals surface area contributed by atoms with Crippen LogP contribution in [0.5, 0.6) is 5.75 Å². The number of nitrogens with zero attached hydrogens (tertiary/aromatic N) is 2. The fourth-order valence-corrected chi connectivity index (χ4v) is 4.21. The highest BCUT2D eigenvalue weighted by Gasteiger charge is 2.44. The van der Waals surface area contributed by atoms with E-state index in [2.05, 4.69) is 0 Å². The second-order valence-corrected chi connectivity index (χ2v) is 11.3. The summed E-state index contributed by atoms with van der Waals surface area (Å²) in [6.07, 6.45) is -1.04. The molecule has 0 aliphatic carbocycles. The van der Waals surface area contributed by atoms with Crippen molar-refractivity contribution in [3.63, 3.8) is 0 Å². The van der Waals surface area contributed by atoms with Crippen LogP contribution >= 0.6 is 0 Å². The van der Waals surface area contributed by atoms with Crippen LogP contribution in [0.15, 0.2) is 54.6 Å². The van der Waals surface area contributed by atoms with Crippen molar-refractivity contribution in [2.75, 3.05) is 19.7 Å². The first-order chi connectivity index (χ1) is 17.8. The molecule has 1 aliphatic heterocycles. The Morgan fingerprint density at radius 3 is 2.03 bits per heavy atom. The molecule has 2 aromatic rings. The van der Waals surface area contributed by atoms with Crippen LogP contribution in [0, 0.1) is 0 Å². The van der Waals surface area contributed by atoms with E-state index in [4.69, 9.17) is 19.9 Å². The predicted molar refractivity (Wildman–Crippen MR) is 145 cm³/mol. The Morgan fingerprint density at radius 1 is 0.895 bits per heavy atom. The molecule has 1 saturated heterocycles. The number of nitrogens with two attached hydrogens (primary N) is 1. The van der Waals surface area contributed by atoms with Gasteiger partial charge < -0.3 is 19.9 Å². The Hall–Kier alpha value is -3.59. The molecule has 1 aliphatic rings. The first-order valence-corrected chi connectivity index (χ1v) is 12.8. The number of benzene rings is 2. The second kappa shape index (κ2) is 11.9. The molecule has 1 heterocycles. The normalized spacial score (nSPS) is 17.6. The fourth-order valence-electron chi connectivity index (χ4n) is 4.21. The Balaban J connectivity index is 1.78. The smallest absolute Gasteiger partial charge is 0.417 e. The van der Waals surface area contributed by atoms with Crippen molar-refractivity contribution in [1.29, 1.82) is 0 Å². The minimum Gasteiger partial charge on any atom is -0.491 e. The van der Waals surface area contributed by atoms with E-state index in [0.717, 1.165) is 16.0 Å². The Morgan fingerprint density at radius 2 is 1.47 bits per heavy atom. The zero-order chi connectivity index (χ0) is 28.1. The van der Waals surface area contributed by atoms with Crippen molar-refractivity contribution in [1.82, 2.24) is 9.80 Å². The number of imide groups is 1. The van der Waals surface area contributed by atoms with Crippen LogP contribution in [0.3, 0.4) is 0 Å². The van der Waals surface area contributed by atoms with Gasteiger partial charge in [-0.25, -0.2) is 14.5 Å². The quantitative estimate of drug-likeness (QED) is 0.575. The standard InChI is InChI=1S/C29H39N3O6/c1-28(2,3)37-26(34)31-18-22(32(25(33)17-30)27(35)38-29(4,5)6)16-23(31)19-36-24-14-12-21(13-15-24)20-10-8-7-9-11-20/h7-15,22-23H,16-19,30H2,1-6H3/t22-,23+/m1/s1. The maximum Gasteiger partial charge on any atom is 0.417 e. The molecule has 0 saturated carbocycles. The molecule has 0 aromatic heterocycles. The molecular formula is C29H39N3O6. The highest BCUT2D eigenvalue weighted by atomic mass is 16.6. The van der Waals surface area contributed by atoms with Crippen LogP contribution in [0.4, 0.5) is 9.59 Å². The maximum atomic E-state index is 13.1. The number of carbonyl (C=O) groups excluding carboxylic acids is 3. The van der Waals surface area contributed by atoms with Gasteiger partial charge in [0.2, 0.25) is 5.91 Å². The van der Waals surface area contributed by atoms with Gasteiger partial charge in [0.05, 0.1) is 18.6 Å². The number of ether oxygens (including phenoxy) is 3. The third kappa shape index (κ3) is 7.95. The first kappa shape index (κ1) is 29.0. The SMILES string of the molecule is CC(C)(C)OC(=O)N1C[C@H](N(C(=O)CN)C(=O)OC(C)(C)C)C[C@H]1COc1ccc(-c2ccccc2)cc1.